The van der Waals surface area contributed by atoms with Gasteiger partial charge in [0.25, 0.3) is 0 Å². The number of hydrogen-bond acceptors (Lipinski definition) is 6. The first-order chi connectivity index (χ1) is 20.7. The number of ether oxygens (including phenoxy) is 1. The Hall–Kier alpha value is -3.72. The third-order valence-electron chi connectivity index (χ3n) is 8.30. The van der Waals surface area contributed by atoms with Gasteiger partial charge in [-0.25, -0.2) is 4.79 Å². The number of esters is 1. The van der Waals surface area contributed by atoms with Crippen LogP contribution < -0.4 is 16.0 Å². The molecule has 0 bridgehead atoms. The van der Waals surface area contributed by atoms with E-state index >= 15 is 0 Å². The Morgan fingerprint density at radius 3 is 1.95 bits per heavy atom. The van der Waals surface area contributed by atoms with Crippen LogP contribution in [0.2, 0.25) is 0 Å². The van der Waals surface area contributed by atoms with Gasteiger partial charge in [-0.3, -0.25) is 14.4 Å². The SMILES string of the molecule is CCCC[C@H](C)[C@@H]1CC(=O)N[C@@H](C(c2ccccc2)c2ccccc2)C(=O)N[C@@H](CO)C(=O)N[C@H](C[C@H](C)CC)C(=O)O1. The van der Waals surface area contributed by atoms with Crippen LogP contribution in [0, 0.1) is 11.8 Å². The second-order valence-electron chi connectivity index (χ2n) is 11.7. The van der Waals surface area contributed by atoms with Crippen molar-refractivity contribution < 1.29 is 29.0 Å². The molecule has 234 valence electrons. The van der Waals surface area contributed by atoms with E-state index < -0.39 is 60.4 Å². The largest absolute Gasteiger partial charge is 0.460 e. The Labute approximate surface area is 255 Å². The van der Waals surface area contributed by atoms with Crippen LogP contribution in [0.5, 0.6) is 0 Å². The fourth-order valence-corrected chi connectivity index (χ4v) is 5.43. The molecular formula is C34H47N3O6. The molecule has 1 saturated heterocycles. The van der Waals surface area contributed by atoms with Crippen LogP contribution >= 0.6 is 0 Å². The molecule has 4 N–H and O–H groups in total. The molecule has 2 aromatic rings. The van der Waals surface area contributed by atoms with Crippen molar-refractivity contribution in [2.45, 2.75) is 96.4 Å². The molecule has 0 aromatic heterocycles. The summed E-state index contributed by atoms with van der Waals surface area (Å²) in [5, 5.41) is 18.4. The van der Waals surface area contributed by atoms with Crippen molar-refractivity contribution in [2.75, 3.05) is 6.61 Å². The predicted molar refractivity (Wildman–Crippen MR) is 165 cm³/mol. The Bertz CT molecular complexity index is 1150. The van der Waals surface area contributed by atoms with Crippen molar-refractivity contribution >= 4 is 23.7 Å². The number of hydrogen-bond donors (Lipinski definition) is 4. The highest BCUT2D eigenvalue weighted by Crippen LogP contribution is 2.29. The summed E-state index contributed by atoms with van der Waals surface area (Å²) in [5.74, 6) is -3.03. The van der Waals surface area contributed by atoms with Crippen LogP contribution in [0.25, 0.3) is 0 Å². The van der Waals surface area contributed by atoms with E-state index in [0.29, 0.717) is 6.42 Å². The third-order valence-corrected chi connectivity index (χ3v) is 8.30. The normalized spacial score (nSPS) is 23.5. The maximum atomic E-state index is 14.0. The van der Waals surface area contributed by atoms with Crippen LogP contribution in [0.1, 0.15) is 83.3 Å². The quantitative estimate of drug-likeness (QED) is 0.293. The van der Waals surface area contributed by atoms with Crippen LogP contribution in [0.15, 0.2) is 60.7 Å². The number of aliphatic hydroxyl groups is 1. The molecule has 0 aliphatic carbocycles. The van der Waals surface area contributed by atoms with Gasteiger partial charge in [-0.1, -0.05) is 108 Å². The van der Waals surface area contributed by atoms with E-state index in [1.165, 1.54) is 0 Å². The molecule has 1 fully saturated rings. The molecule has 3 rings (SSSR count). The van der Waals surface area contributed by atoms with Crippen molar-refractivity contribution in [1.29, 1.82) is 0 Å². The Kier molecular flexibility index (Phi) is 13.2. The summed E-state index contributed by atoms with van der Waals surface area (Å²) < 4.78 is 5.98. The van der Waals surface area contributed by atoms with Crippen LogP contribution in [-0.4, -0.2) is 59.6 Å². The van der Waals surface area contributed by atoms with E-state index in [-0.39, 0.29) is 18.3 Å². The Morgan fingerprint density at radius 2 is 1.42 bits per heavy atom. The summed E-state index contributed by atoms with van der Waals surface area (Å²) in [6.45, 7) is 7.29. The lowest BCUT2D eigenvalue weighted by Gasteiger charge is -2.30. The Balaban J connectivity index is 2.08. The molecule has 1 aliphatic heterocycles. The molecule has 43 heavy (non-hydrogen) atoms. The highest BCUT2D eigenvalue weighted by atomic mass is 16.5. The highest BCUT2D eigenvalue weighted by molar-refractivity contribution is 5.95. The van der Waals surface area contributed by atoms with Gasteiger partial charge >= 0.3 is 5.97 Å². The molecule has 9 nitrogen and oxygen atoms in total. The topological polar surface area (TPSA) is 134 Å². The summed E-state index contributed by atoms with van der Waals surface area (Å²) in [6.07, 6.45) is 2.81. The summed E-state index contributed by atoms with van der Waals surface area (Å²) >= 11 is 0. The molecule has 3 amide bonds. The zero-order valence-electron chi connectivity index (χ0n) is 25.8. The van der Waals surface area contributed by atoms with Crippen LogP contribution in [0.4, 0.5) is 0 Å². The Morgan fingerprint density at radius 1 is 0.837 bits per heavy atom. The van der Waals surface area contributed by atoms with Crippen molar-refractivity contribution in [1.82, 2.24) is 16.0 Å². The third kappa shape index (κ3) is 9.64. The first-order valence-corrected chi connectivity index (χ1v) is 15.5. The number of benzene rings is 2. The van der Waals surface area contributed by atoms with Crippen LogP contribution in [-0.2, 0) is 23.9 Å². The number of aliphatic hydroxyl groups excluding tert-OH is 1. The fraction of sp³-hybridized carbons (Fsp3) is 0.529. The maximum Gasteiger partial charge on any atom is 0.328 e. The summed E-state index contributed by atoms with van der Waals surface area (Å²) in [5.41, 5.74) is 1.58. The van der Waals surface area contributed by atoms with Gasteiger partial charge in [0.1, 0.15) is 24.2 Å². The molecule has 0 radical (unpaired) electrons. The molecular weight excluding hydrogens is 546 g/mol. The monoisotopic (exact) mass is 593 g/mol. The predicted octanol–water partition coefficient (Wildman–Crippen LogP) is 3.84. The van der Waals surface area contributed by atoms with Crippen LogP contribution in [0.3, 0.4) is 0 Å². The lowest BCUT2D eigenvalue weighted by Crippen LogP contribution is -2.58. The second-order valence-corrected chi connectivity index (χ2v) is 11.7. The molecule has 1 aliphatic rings. The minimum atomic E-state index is -1.34. The van der Waals surface area contributed by atoms with Gasteiger partial charge in [-0.2, -0.15) is 0 Å². The average molecular weight is 594 g/mol. The fourth-order valence-electron chi connectivity index (χ4n) is 5.43. The number of unbranched alkanes of at least 4 members (excludes halogenated alkanes) is 1. The average Bonchev–Trinajstić information content (AvgIpc) is 3.02. The van der Waals surface area contributed by atoms with Gasteiger partial charge in [-0.15, -0.1) is 0 Å². The number of carbonyl (C=O) groups excluding carboxylic acids is 4. The van der Waals surface area contributed by atoms with E-state index in [2.05, 4.69) is 22.9 Å². The van der Waals surface area contributed by atoms with Crippen molar-refractivity contribution in [3.8, 4) is 0 Å². The zero-order chi connectivity index (χ0) is 31.4. The van der Waals surface area contributed by atoms with E-state index in [1.54, 1.807) is 0 Å². The van der Waals surface area contributed by atoms with Crippen molar-refractivity contribution in [3.05, 3.63) is 71.8 Å². The second kappa shape index (κ2) is 16.8. The number of amides is 3. The number of nitrogens with one attached hydrogen (secondary N) is 3. The first kappa shape index (κ1) is 33.8. The standard InChI is InChI=1S/C34H47N3O6/c1-5-7-14-23(4)28-20-29(39)37-31(30(24-15-10-8-11-16-24)25-17-12-9-13-18-25)33(41)36-27(21-38)32(40)35-26(34(42)43-28)19-22(3)6-2/h8-13,15-18,22-23,26-28,30-31,38H,5-7,14,19-21H2,1-4H3,(H,35,40)(H,36,41)(H,37,39)/t22-,23+,26-,27+,28+,31+/m1/s1. The van der Waals surface area contributed by atoms with E-state index in [9.17, 15) is 24.3 Å². The lowest BCUT2D eigenvalue weighted by molar-refractivity contribution is -0.157. The van der Waals surface area contributed by atoms with Gasteiger partial charge < -0.3 is 25.8 Å². The first-order valence-electron chi connectivity index (χ1n) is 15.5. The smallest absolute Gasteiger partial charge is 0.328 e. The molecule has 6 atom stereocenters. The molecule has 0 spiro atoms. The number of cyclic esters (lactones) is 1. The van der Waals surface area contributed by atoms with Crippen molar-refractivity contribution in [2.24, 2.45) is 11.8 Å². The van der Waals surface area contributed by atoms with Crippen molar-refractivity contribution in [3.63, 3.8) is 0 Å². The van der Waals surface area contributed by atoms with E-state index in [1.807, 2.05) is 81.4 Å². The summed E-state index contributed by atoms with van der Waals surface area (Å²) in [7, 11) is 0. The minimum Gasteiger partial charge on any atom is -0.460 e. The maximum absolute atomic E-state index is 14.0. The van der Waals surface area contributed by atoms with E-state index in [0.717, 1.165) is 36.8 Å². The summed E-state index contributed by atoms with van der Waals surface area (Å²) in [6, 6.07) is 15.2. The van der Waals surface area contributed by atoms with Gasteiger partial charge in [0.2, 0.25) is 17.7 Å². The van der Waals surface area contributed by atoms with E-state index in [4.69, 9.17) is 4.74 Å². The molecule has 9 heteroatoms. The summed E-state index contributed by atoms with van der Waals surface area (Å²) in [4.78, 5) is 54.6. The molecule has 0 unspecified atom stereocenters. The van der Waals surface area contributed by atoms with Gasteiger partial charge in [0.05, 0.1) is 13.0 Å². The molecule has 2 aromatic carbocycles. The molecule has 0 saturated carbocycles. The number of rotatable bonds is 11. The van der Waals surface area contributed by atoms with Gasteiger partial charge in [0.15, 0.2) is 0 Å². The number of carbonyl (C=O) groups is 4. The van der Waals surface area contributed by atoms with Gasteiger partial charge in [0, 0.05) is 5.92 Å². The van der Waals surface area contributed by atoms with Gasteiger partial charge in [-0.05, 0) is 35.8 Å². The highest BCUT2D eigenvalue weighted by Gasteiger charge is 2.38. The molecule has 1 heterocycles. The zero-order valence-corrected chi connectivity index (χ0v) is 25.8. The minimum absolute atomic E-state index is 0.0943. The lowest BCUT2D eigenvalue weighted by atomic mass is 9.84.